The van der Waals surface area contributed by atoms with Gasteiger partial charge in [-0.3, -0.25) is 14.6 Å². The van der Waals surface area contributed by atoms with Crippen LogP contribution in [0.1, 0.15) is 50.8 Å². The number of pyridine rings is 1. The Morgan fingerprint density at radius 1 is 0.974 bits per heavy atom. The molecule has 2 N–H and O–H groups in total. The predicted octanol–water partition coefficient (Wildman–Crippen LogP) is 4.40. The number of carbonyl (C=O) groups is 2. The average Bonchev–Trinajstić information content (AvgIpc) is 2.97. The Balaban J connectivity index is 1.17. The number of aliphatic hydroxyl groups excluding tert-OH is 1. The summed E-state index contributed by atoms with van der Waals surface area (Å²) in [5.41, 5.74) is 3.21. The number of β-amino-alcohol motifs (C(OH)–C–C–N with tert-alkyl or cyclic N) is 1. The molecule has 0 aliphatic carbocycles. The molecule has 1 amide bonds. The number of hydrogen-bond donors (Lipinski definition) is 2. The molecule has 1 aliphatic heterocycles. The molecular formula is C31H31N3O4. The summed E-state index contributed by atoms with van der Waals surface area (Å²) in [5.74, 6) is 0.446. The number of amides is 1. The standard InChI is InChI=1S/C31H31N3O4/c1-38-25-10-11-28-27(19-25)26(12-15-32-28)29(35)20-34-16-13-24(14-17-34)33-31(37)23-9-5-8-22(18-23)30(36)21-6-3-2-4-7-21/h2-12,15,18-19,24,29,35H,13-14,16-17,20H2,1H3,(H,33,37)/t29-/m0/s1. The smallest absolute Gasteiger partial charge is 0.251 e. The van der Waals surface area contributed by atoms with Crippen molar-refractivity contribution in [2.45, 2.75) is 25.0 Å². The van der Waals surface area contributed by atoms with Gasteiger partial charge < -0.3 is 20.1 Å². The van der Waals surface area contributed by atoms with Gasteiger partial charge in [-0.15, -0.1) is 0 Å². The number of fused-ring (bicyclic) bond motifs is 1. The molecular weight excluding hydrogens is 478 g/mol. The summed E-state index contributed by atoms with van der Waals surface area (Å²) < 4.78 is 5.35. The largest absolute Gasteiger partial charge is 0.497 e. The van der Waals surface area contributed by atoms with Gasteiger partial charge in [0.1, 0.15) is 5.75 Å². The molecule has 1 aliphatic rings. The molecule has 4 aromatic rings. The molecule has 5 rings (SSSR count). The van der Waals surface area contributed by atoms with Crippen molar-refractivity contribution in [1.29, 1.82) is 0 Å². The second-order valence-corrected chi connectivity index (χ2v) is 9.62. The van der Waals surface area contributed by atoms with E-state index in [1.165, 1.54) is 0 Å². The van der Waals surface area contributed by atoms with Crippen molar-refractivity contribution in [2.75, 3.05) is 26.7 Å². The minimum atomic E-state index is -0.663. The first-order chi connectivity index (χ1) is 18.5. The molecule has 0 spiro atoms. The Morgan fingerprint density at radius 2 is 1.71 bits per heavy atom. The Labute approximate surface area is 222 Å². The zero-order chi connectivity index (χ0) is 26.5. The summed E-state index contributed by atoms with van der Waals surface area (Å²) in [6, 6.07) is 23.5. The van der Waals surface area contributed by atoms with E-state index in [9.17, 15) is 14.7 Å². The highest BCUT2D eigenvalue weighted by molar-refractivity contribution is 6.10. The lowest BCUT2D eigenvalue weighted by molar-refractivity contribution is 0.0831. The van der Waals surface area contributed by atoms with E-state index in [0.717, 1.165) is 48.1 Å². The monoisotopic (exact) mass is 509 g/mol. The van der Waals surface area contributed by atoms with Crippen molar-refractivity contribution in [3.05, 3.63) is 107 Å². The van der Waals surface area contributed by atoms with Crippen LogP contribution in [0.3, 0.4) is 0 Å². The van der Waals surface area contributed by atoms with Gasteiger partial charge in [-0.05, 0) is 54.8 Å². The third-order valence-corrected chi connectivity index (χ3v) is 7.12. The van der Waals surface area contributed by atoms with Gasteiger partial charge in [-0.1, -0.05) is 42.5 Å². The molecule has 0 bridgehead atoms. The van der Waals surface area contributed by atoms with Gasteiger partial charge in [0.05, 0.1) is 18.7 Å². The number of rotatable bonds is 8. The summed E-state index contributed by atoms with van der Waals surface area (Å²) in [5, 5.41) is 15.0. The molecule has 3 aromatic carbocycles. The van der Waals surface area contributed by atoms with Crippen molar-refractivity contribution in [1.82, 2.24) is 15.2 Å². The van der Waals surface area contributed by atoms with Gasteiger partial charge in [0.25, 0.3) is 5.91 Å². The van der Waals surface area contributed by atoms with Gasteiger partial charge in [0.2, 0.25) is 0 Å². The number of aliphatic hydroxyl groups is 1. The lowest BCUT2D eigenvalue weighted by Gasteiger charge is -2.33. The van der Waals surface area contributed by atoms with Crippen LogP contribution in [0, 0.1) is 0 Å². The van der Waals surface area contributed by atoms with Crippen LogP contribution in [0.4, 0.5) is 0 Å². The van der Waals surface area contributed by atoms with Crippen LogP contribution in [-0.4, -0.2) is 59.5 Å². The number of nitrogens with zero attached hydrogens (tertiary/aromatic N) is 2. The average molecular weight is 510 g/mol. The second kappa shape index (κ2) is 11.5. The minimum Gasteiger partial charge on any atom is -0.497 e. The Kier molecular flexibility index (Phi) is 7.77. The van der Waals surface area contributed by atoms with Crippen LogP contribution in [0.25, 0.3) is 10.9 Å². The summed E-state index contributed by atoms with van der Waals surface area (Å²) in [6.07, 6.45) is 2.62. The zero-order valence-corrected chi connectivity index (χ0v) is 21.3. The first-order valence-electron chi connectivity index (χ1n) is 12.9. The molecule has 0 unspecified atom stereocenters. The van der Waals surface area contributed by atoms with E-state index >= 15 is 0 Å². The number of hydrogen-bond acceptors (Lipinski definition) is 6. The SMILES string of the molecule is COc1ccc2nccc([C@@H](O)CN3CCC(NC(=O)c4cccc(C(=O)c5ccccc5)c4)CC3)c2c1. The number of ketones is 1. The fraction of sp³-hybridized carbons (Fsp3) is 0.258. The number of carbonyl (C=O) groups excluding carboxylic acids is 2. The molecule has 2 heterocycles. The van der Waals surface area contributed by atoms with Crippen molar-refractivity contribution >= 4 is 22.6 Å². The highest BCUT2D eigenvalue weighted by Gasteiger charge is 2.24. The number of aromatic nitrogens is 1. The number of ether oxygens (including phenoxy) is 1. The van der Waals surface area contributed by atoms with Crippen LogP contribution < -0.4 is 10.1 Å². The van der Waals surface area contributed by atoms with E-state index in [4.69, 9.17) is 4.74 Å². The first-order valence-corrected chi connectivity index (χ1v) is 12.9. The maximum absolute atomic E-state index is 13.0. The third kappa shape index (κ3) is 5.74. The molecule has 0 saturated carbocycles. The Morgan fingerprint density at radius 3 is 2.47 bits per heavy atom. The van der Waals surface area contributed by atoms with Crippen molar-refractivity contribution in [3.63, 3.8) is 0 Å². The lowest BCUT2D eigenvalue weighted by atomic mass is 9.99. The van der Waals surface area contributed by atoms with Crippen LogP contribution in [0.5, 0.6) is 5.75 Å². The maximum Gasteiger partial charge on any atom is 0.251 e. The topological polar surface area (TPSA) is 91.8 Å². The van der Waals surface area contributed by atoms with E-state index in [1.54, 1.807) is 49.7 Å². The number of likely N-dealkylation sites (tertiary alicyclic amines) is 1. The van der Waals surface area contributed by atoms with Crippen molar-refractivity contribution in [3.8, 4) is 5.75 Å². The van der Waals surface area contributed by atoms with Gasteiger partial charge in [-0.25, -0.2) is 0 Å². The molecule has 38 heavy (non-hydrogen) atoms. The number of benzene rings is 3. The quantitative estimate of drug-likeness (QED) is 0.342. The molecule has 1 saturated heterocycles. The molecule has 1 fully saturated rings. The summed E-state index contributed by atoms with van der Waals surface area (Å²) in [6.45, 7) is 2.03. The fourth-order valence-electron chi connectivity index (χ4n) is 4.99. The van der Waals surface area contributed by atoms with Crippen molar-refractivity contribution < 1.29 is 19.4 Å². The fourth-order valence-corrected chi connectivity index (χ4v) is 4.99. The molecule has 7 heteroatoms. The van der Waals surface area contributed by atoms with Gasteiger partial charge in [-0.2, -0.15) is 0 Å². The van der Waals surface area contributed by atoms with Crippen LogP contribution >= 0.6 is 0 Å². The third-order valence-electron chi connectivity index (χ3n) is 7.12. The Bertz CT molecular complexity index is 1430. The van der Waals surface area contributed by atoms with Crippen LogP contribution in [-0.2, 0) is 0 Å². The number of piperidine rings is 1. The highest BCUT2D eigenvalue weighted by atomic mass is 16.5. The summed E-state index contributed by atoms with van der Waals surface area (Å²) in [4.78, 5) is 32.3. The summed E-state index contributed by atoms with van der Waals surface area (Å²) in [7, 11) is 1.62. The molecule has 1 aromatic heterocycles. The maximum atomic E-state index is 13.0. The summed E-state index contributed by atoms with van der Waals surface area (Å²) >= 11 is 0. The van der Waals surface area contributed by atoms with Crippen LogP contribution in [0.2, 0.25) is 0 Å². The van der Waals surface area contributed by atoms with Gasteiger partial charge in [0, 0.05) is 53.9 Å². The molecule has 0 radical (unpaired) electrons. The van der Waals surface area contributed by atoms with E-state index in [0.29, 0.717) is 23.2 Å². The molecule has 194 valence electrons. The van der Waals surface area contributed by atoms with E-state index in [-0.39, 0.29) is 17.7 Å². The normalized spacial score (nSPS) is 15.2. The van der Waals surface area contributed by atoms with Crippen LogP contribution in [0.15, 0.2) is 85.1 Å². The molecule has 7 nitrogen and oxygen atoms in total. The van der Waals surface area contributed by atoms with E-state index in [1.807, 2.05) is 42.5 Å². The first kappa shape index (κ1) is 25.6. The number of methoxy groups -OCH3 is 1. The zero-order valence-electron chi connectivity index (χ0n) is 21.3. The highest BCUT2D eigenvalue weighted by Crippen LogP contribution is 2.28. The predicted molar refractivity (Wildman–Crippen MR) is 146 cm³/mol. The molecule has 1 atom stereocenters. The van der Waals surface area contributed by atoms with E-state index < -0.39 is 6.10 Å². The van der Waals surface area contributed by atoms with Gasteiger partial charge in [0.15, 0.2) is 5.78 Å². The van der Waals surface area contributed by atoms with E-state index in [2.05, 4.69) is 15.2 Å². The van der Waals surface area contributed by atoms with Crippen molar-refractivity contribution in [2.24, 2.45) is 0 Å². The lowest BCUT2D eigenvalue weighted by Crippen LogP contribution is -2.45. The van der Waals surface area contributed by atoms with Gasteiger partial charge >= 0.3 is 0 Å². The Hall–Kier alpha value is -4.07. The number of nitrogens with one attached hydrogen (secondary N) is 1. The second-order valence-electron chi connectivity index (χ2n) is 9.62. The minimum absolute atomic E-state index is 0.0374.